The molecular formula is C11H20N2O4. The molecule has 0 aliphatic heterocycles. The van der Waals surface area contributed by atoms with Gasteiger partial charge in [-0.3, -0.25) is 4.79 Å². The number of alkyl carbamates (subject to hydrolysis) is 1. The molecule has 17 heavy (non-hydrogen) atoms. The minimum absolute atomic E-state index is 0.187. The van der Waals surface area contributed by atoms with E-state index in [-0.39, 0.29) is 6.61 Å². The molecular weight excluding hydrogens is 224 g/mol. The second-order valence-electron chi connectivity index (χ2n) is 3.49. The number of ether oxygens (including phenoxy) is 1. The third kappa shape index (κ3) is 8.27. The third-order valence-corrected chi connectivity index (χ3v) is 2.17. The van der Waals surface area contributed by atoms with Crippen LogP contribution in [-0.2, 0) is 9.53 Å². The van der Waals surface area contributed by atoms with Crippen LogP contribution in [0.3, 0.4) is 0 Å². The van der Waals surface area contributed by atoms with Crippen LogP contribution >= 0.6 is 0 Å². The number of hydrogen-bond donors (Lipinski definition) is 3. The number of aliphatic carboxylic acids is 1. The highest BCUT2D eigenvalue weighted by atomic mass is 16.5. The Hall–Kier alpha value is -1.56. The monoisotopic (exact) mass is 244 g/mol. The molecule has 0 rings (SSSR count). The summed E-state index contributed by atoms with van der Waals surface area (Å²) in [5, 5.41) is 14.0. The molecule has 0 aliphatic carbocycles. The summed E-state index contributed by atoms with van der Waals surface area (Å²) in [5.41, 5.74) is 0. The first kappa shape index (κ1) is 15.4. The van der Waals surface area contributed by atoms with Gasteiger partial charge in [0.2, 0.25) is 0 Å². The average Bonchev–Trinajstić information content (AvgIpc) is 2.30. The molecule has 0 bridgehead atoms. The normalized spacial score (nSPS) is 11.6. The van der Waals surface area contributed by atoms with Crippen LogP contribution < -0.4 is 10.6 Å². The maximum atomic E-state index is 11.0. The molecule has 0 aliphatic rings. The van der Waals surface area contributed by atoms with Crippen LogP contribution in [-0.4, -0.2) is 43.4 Å². The van der Waals surface area contributed by atoms with Gasteiger partial charge in [-0.2, -0.15) is 0 Å². The molecule has 0 saturated carbocycles. The summed E-state index contributed by atoms with van der Waals surface area (Å²) in [6.07, 6.45) is 2.99. The van der Waals surface area contributed by atoms with E-state index in [0.29, 0.717) is 19.4 Å². The smallest absolute Gasteiger partial charge is 0.407 e. The van der Waals surface area contributed by atoms with Gasteiger partial charge >= 0.3 is 12.1 Å². The van der Waals surface area contributed by atoms with Gasteiger partial charge in [-0.1, -0.05) is 12.7 Å². The van der Waals surface area contributed by atoms with Crippen molar-refractivity contribution < 1.29 is 19.4 Å². The quantitative estimate of drug-likeness (QED) is 0.411. The fraction of sp³-hybridized carbons (Fsp3) is 0.636. The summed E-state index contributed by atoms with van der Waals surface area (Å²) in [6.45, 7) is 4.09. The maximum absolute atomic E-state index is 11.0. The molecule has 3 N–H and O–H groups in total. The molecule has 6 heteroatoms. The van der Waals surface area contributed by atoms with Gasteiger partial charge < -0.3 is 20.5 Å². The second-order valence-corrected chi connectivity index (χ2v) is 3.49. The average molecular weight is 244 g/mol. The van der Waals surface area contributed by atoms with E-state index < -0.39 is 18.1 Å². The summed E-state index contributed by atoms with van der Waals surface area (Å²) in [7, 11) is 1.61. The Morgan fingerprint density at radius 2 is 2.18 bits per heavy atom. The van der Waals surface area contributed by atoms with Crippen LogP contribution in [0.4, 0.5) is 4.79 Å². The van der Waals surface area contributed by atoms with E-state index in [1.807, 2.05) is 0 Å². The van der Waals surface area contributed by atoms with Gasteiger partial charge in [0.1, 0.15) is 12.6 Å². The number of nitrogens with one attached hydrogen (secondary N) is 2. The predicted molar refractivity (Wildman–Crippen MR) is 63.9 cm³/mol. The lowest BCUT2D eigenvalue weighted by atomic mass is 10.1. The Kier molecular flexibility index (Phi) is 8.77. The Labute approximate surface area is 101 Å². The molecule has 1 amide bonds. The Morgan fingerprint density at radius 1 is 1.47 bits per heavy atom. The summed E-state index contributed by atoms with van der Waals surface area (Å²) in [4.78, 5) is 21.6. The number of rotatable bonds is 9. The molecule has 0 aromatic heterocycles. The van der Waals surface area contributed by atoms with Gasteiger partial charge in [0.05, 0.1) is 0 Å². The van der Waals surface area contributed by atoms with Crippen molar-refractivity contribution in [1.29, 1.82) is 0 Å². The molecule has 1 unspecified atom stereocenters. The van der Waals surface area contributed by atoms with Gasteiger partial charge in [-0.05, 0) is 26.3 Å². The SMILES string of the molecule is C=CCOC(=O)NCCCCC(NC)C(=O)O. The van der Waals surface area contributed by atoms with E-state index in [1.54, 1.807) is 7.05 Å². The standard InChI is InChI=1S/C11H20N2O4/c1-3-8-17-11(16)13-7-5-4-6-9(12-2)10(14)15/h3,9,12H,1,4-8H2,2H3,(H,13,16)(H,14,15). The number of carbonyl (C=O) groups is 2. The second kappa shape index (κ2) is 9.65. The van der Waals surface area contributed by atoms with Crippen molar-refractivity contribution in [1.82, 2.24) is 10.6 Å². The number of carboxylic acids is 1. The van der Waals surface area contributed by atoms with Crippen molar-refractivity contribution in [2.75, 3.05) is 20.2 Å². The van der Waals surface area contributed by atoms with Crippen LogP contribution in [0.1, 0.15) is 19.3 Å². The third-order valence-electron chi connectivity index (χ3n) is 2.17. The van der Waals surface area contributed by atoms with E-state index >= 15 is 0 Å². The van der Waals surface area contributed by atoms with Crippen LogP contribution in [0.15, 0.2) is 12.7 Å². The van der Waals surface area contributed by atoms with E-state index in [1.165, 1.54) is 6.08 Å². The molecule has 98 valence electrons. The maximum Gasteiger partial charge on any atom is 0.407 e. The Balaban J connectivity index is 3.48. The summed E-state index contributed by atoms with van der Waals surface area (Å²) in [5.74, 6) is -0.856. The van der Waals surface area contributed by atoms with Crippen molar-refractivity contribution >= 4 is 12.1 Å². The van der Waals surface area contributed by atoms with Crippen LogP contribution in [0.5, 0.6) is 0 Å². The number of unbranched alkanes of at least 4 members (excludes halogenated alkanes) is 1. The molecule has 0 heterocycles. The van der Waals surface area contributed by atoms with Crippen molar-refractivity contribution in [3.05, 3.63) is 12.7 Å². The molecule has 0 radical (unpaired) electrons. The highest BCUT2D eigenvalue weighted by molar-refractivity contribution is 5.73. The van der Waals surface area contributed by atoms with Gasteiger partial charge in [0.25, 0.3) is 0 Å². The first-order valence-electron chi connectivity index (χ1n) is 5.53. The number of hydrogen-bond acceptors (Lipinski definition) is 4. The van der Waals surface area contributed by atoms with Gasteiger partial charge in [-0.15, -0.1) is 0 Å². The predicted octanol–water partition coefficient (Wildman–Crippen LogP) is 0.742. The highest BCUT2D eigenvalue weighted by Gasteiger charge is 2.13. The van der Waals surface area contributed by atoms with Gasteiger partial charge in [0.15, 0.2) is 0 Å². The number of carboxylic acid groups (broad SMARTS) is 1. The summed E-state index contributed by atoms with van der Waals surface area (Å²) >= 11 is 0. The van der Waals surface area contributed by atoms with E-state index in [0.717, 1.165) is 6.42 Å². The zero-order valence-corrected chi connectivity index (χ0v) is 10.1. The number of likely N-dealkylation sites (N-methyl/N-ethyl adjacent to an activating group) is 1. The molecule has 6 nitrogen and oxygen atoms in total. The molecule has 0 aromatic rings. The Morgan fingerprint density at radius 3 is 2.71 bits per heavy atom. The zero-order valence-electron chi connectivity index (χ0n) is 10.1. The first-order valence-corrected chi connectivity index (χ1v) is 5.53. The molecule has 1 atom stereocenters. The van der Waals surface area contributed by atoms with Crippen molar-refractivity contribution in [2.45, 2.75) is 25.3 Å². The largest absolute Gasteiger partial charge is 0.480 e. The molecule has 0 fully saturated rings. The van der Waals surface area contributed by atoms with Gasteiger partial charge in [0, 0.05) is 6.54 Å². The molecule has 0 aromatic carbocycles. The van der Waals surface area contributed by atoms with Crippen LogP contribution in [0.25, 0.3) is 0 Å². The van der Waals surface area contributed by atoms with E-state index in [2.05, 4.69) is 17.2 Å². The van der Waals surface area contributed by atoms with Gasteiger partial charge in [-0.25, -0.2) is 4.79 Å². The van der Waals surface area contributed by atoms with E-state index in [9.17, 15) is 9.59 Å². The minimum Gasteiger partial charge on any atom is -0.480 e. The Bertz CT molecular complexity index is 256. The minimum atomic E-state index is -0.856. The number of carbonyl (C=O) groups excluding carboxylic acids is 1. The fourth-order valence-electron chi connectivity index (χ4n) is 1.24. The van der Waals surface area contributed by atoms with E-state index in [4.69, 9.17) is 9.84 Å². The highest BCUT2D eigenvalue weighted by Crippen LogP contribution is 2.00. The lowest BCUT2D eigenvalue weighted by Crippen LogP contribution is -2.34. The molecule has 0 saturated heterocycles. The van der Waals surface area contributed by atoms with Crippen molar-refractivity contribution in [2.24, 2.45) is 0 Å². The zero-order chi connectivity index (χ0) is 13.1. The number of amides is 1. The summed E-state index contributed by atoms with van der Waals surface area (Å²) < 4.78 is 4.70. The first-order chi connectivity index (χ1) is 8.11. The van der Waals surface area contributed by atoms with Crippen LogP contribution in [0.2, 0.25) is 0 Å². The topological polar surface area (TPSA) is 87.7 Å². The fourth-order valence-corrected chi connectivity index (χ4v) is 1.24. The lowest BCUT2D eigenvalue weighted by Gasteiger charge is -2.10. The van der Waals surface area contributed by atoms with Crippen LogP contribution in [0, 0.1) is 0 Å². The summed E-state index contributed by atoms with van der Waals surface area (Å²) in [6, 6.07) is -0.525. The lowest BCUT2D eigenvalue weighted by molar-refractivity contribution is -0.139. The van der Waals surface area contributed by atoms with Crippen molar-refractivity contribution in [3.8, 4) is 0 Å². The van der Waals surface area contributed by atoms with Crippen molar-refractivity contribution in [3.63, 3.8) is 0 Å². The molecule has 0 spiro atoms.